The molecule has 356 valence electrons. The van der Waals surface area contributed by atoms with Crippen LogP contribution in [0.2, 0.25) is 23.2 Å². The molecule has 0 amide bonds. The van der Waals surface area contributed by atoms with E-state index in [-0.39, 0.29) is 46.5 Å². The van der Waals surface area contributed by atoms with Gasteiger partial charge in [-0.1, -0.05) is 194 Å². The zero-order valence-electron chi connectivity index (χ0n) is 41.7. The van der Waals surface area contributed by atoms with Crippen molar-refractivity contribution >= 4 is 48.9 Å². The minimum Gasteiger partial charge on any atom is -0.519 e. The molecule has 1 aliphatic heterocycles. The van der Waals surface area contributed by atoms with E-state index in [4.69, 9.17) is 32.5 Å². The van der Waals surface area contributed by atoms with Crippen molar-refractivity contribution in [3.8, 4) is 0 Å². The largest absolute Gasteiger partial charge is 0.519 e. The van der Waals surface area contributed by atoms with Gasteiger partial charge in [0.05, 0.1) is 18.3 Å². The highest BCUT2D eigenvalue weighted by Gasteiger charge is 2.61. The molecular formula is C53H81BrO8Si2. The predicted molar refractivity (Wildman–Crippen MR) is 271 cm³/mol. The van der Waals surface area contributed by atoms with Gasteiger partial charge in [-0.25, -0.2) is 0 Å². The van der Waals surface area contributed by atoms with Gasteiger partial charge >= 0.3 is 0 Å². The third-order valence-corrected chi connectivity index (χ3v) is 25.0. The van der Waals surface area contributed by atoms with Crippen molar-refractivity contribution in [1.82, 2.24) is 0 Å². The molecule has 1 saturated heterocycles. The zero-order valence-corrected chi connectivity index (χ0v) is 45.3. The highest BCUT2D eigenvalue weighted by molar-refractivity contribution is 9.09. The molecular weight excluding hydrogens is 901 g/mol. The Morgan fingerprint density at radius 2 is 1.33 bits per heavy atom. The first-order valence-electron chi connectivity index (χ1n) is 23.4. The van der Waals surface area contributed by atoms with Crippen molar-refractivity contribution in [1.29, 1.82) is 0 Å². The van der Waals surface area contributed by atoms with Gasteiger partial charge < -0.3 is 32.5 Å². The van der Waals surface area contributed by atoms with E-state index in [0.717, 1.165) is 36.1 Å². The van der Waals surface area contributed by atoms with Crippen molar-refractivity contribution in [2.24, 2.45) is 17.8 Å². The molecule has 11 heteroatoms. The molecule has 0 saturated carbocycles. The second kappa shape index (κ2) is 23.5. The van der Waals surface area contributed by atoms with E-state index in [1.54, 1.807) is 28.4 Å². The summed E-state index contributed by atoms with van der Waals surface area (Å²) < 4.78 is 46.9. The molecule has 9 atom stereocenters. The molecule has 1 aliphatic rings. The van der Waals surface area contributed by atoms with Crippen LogP contribution >= 0.6 is 15.9 Å². The first-order valence-corrected chi connectivity index (χ1v) is 29.1. The van der Waals surface area contributed by atoms with Gasteiger partial charge in [-0.2, -0.15) is 0 Å². The van der Waals surface area contributed by atoms with Gasteiger partial charge in [0, 0.05) is 45.1 Å². The van der Waals surface area contributed by atoms with Crippen molar-refractivity contribution in [2.75, 3.05) is 28.4 Å². The number of rotatable bonds is 23. The van der Waals surface area contributed by atoms with Gasteiger partial charge in [0.25, 0.3) is 22.6 Å². The third-order valence-electron chi connectivity index (χ3n) is 14.6. The number of carbonyl (C=O) groups is 1. The van der Waals surface area contributed by atoms with Crippen molar-refractivity contribution < 1.29 is 37.3 Å². The van der Waals surface area contributed by atoms with Crippen molar-refractivity contribution in [2.45, 2.75) is 159 Å². The Hall–Kier alpha value is -2.46. The smallest absolute Gasteiger partial charge is 0.298 e. The molecule has 3 aromatic rings. The number of hydrogen-bond donors (Lipinski definition) is 0. The topological polar surface area (TPSA) is 81.7 Å². The molecule has 0 spiro atoms. The monoisotopic (exact) mass is 980 g/mol. The maximum atomic E-state index is 14.5. The maximum absolute atomic E-state index is 14.5. The summed E-state index contributed by atoms with van der Waals surface area (Å²) in [6, 6.07) is 31.8. The number of unbranched alkanes of at least 4 members (excludes halogenated alkanes) is 1. The molecule has 0 radical (unpaired) electrons. The third kappa shape index (κ3) is 12.4. The van der Waals surface area contributed by atoms with E-state index in [1.165, 1.54) is 5.56 Å². The number of ether oxygens (including phenoxy) is 5. The van der Waals surface area contributed by atoms with Crippen LogP contribution in [0, 0.1) is 17.8 Å². The van der Waals surface area contributed by atoms with E-state index in [0.29, 0.717) is 10.7 Å². The van der Waals surface area contributed by atoms with Crippen LogP contribution in [-0.4, -0.2) is 87.4 Å². The average molecular weight is 982 g/mol. The van der Waals surface area contributed by atoms with Gasteiger partial charge in [0.15, 0.2) is 0 Å². The molecule has 0 bridgehead atoms. The standard InChI is InChI=1S/C53H81BrO8Si2/c1-38(2)52(8,9)63(14,15)61-47(55)37-53(59-13)50(58-12)49(62-64(51(5,6)7,42-29-21-17-22-30-42)43-31-23-18-24-32-43)40(4)48(60-53)39(3)35-36-46(57-11)45(56-10)34-26-25-33-44(54)41-27-19-16-20-28-41/h16-24,27-32,35-36,38-40,44-46,48-50H,25-26,33-34,37H2,1-15H3/b36-35+/t39-,40+,44+,45-,46+,48-,49-,50+,53+/m0/s1. The lowest BCUT2D eigenvalue weighted by atomic mass is 9.80. The van der Waals surface area contributed by atoms with Gasteiger partial charge in [0.2, 0.25) is 5.79 Å². The summed E-state index contributed by atoms with van der Waals surface area (Å²) in [5.74, 6) is -1.96. The van der Waals surface area contributed by atoms with Gasteiger partial charge in [-0.3, -0.25) is 4.79 Å². The fourth-order valence-electron chi connectivity index (χ4n) is 9.47. The van der Waals surface area contributed by atoms with Gasteiger partial charge in [-0.15, -0.1) is 0 Å². The molecule has 0 aliphatic carbocycles. The minimum absolute atomic E-state index is 0.136. The number of alkyl halides is 1. The number of methoxy groups -OCH3 is 4. The summed E-state index contributed by atoms with van der Waals surface area (Å²) in [5.41, 5.74) is 1.29. The normalized spacial score (nSPS) is 23.2. The van der Waals surface area contributed by atoms with E-state index >= 15 is 0 Å². The summed E-state index contributed by atoms with van der Waals surface area (Å²) >= 11 is 3.88. The Bertz CT molecular complexity index is 1830. The fraction of sp³-hybridized carbons (Fsp3) is 0.604. The second-order valence-electron chi connectivity index (χ2n) is 20.3. The molecule has 4 rings (SSSR count). The second-order valence-corrected chi connectivity index (χ2v) is 30.1. The van der Waals surface area contributed by atoms with E-state index < -0.39 is 40.7 Å². The lowest BCUT2D eigenvalue weighted by molar-refractivity contribution is -0.351. The van der Waals surface area contributed by atoms with Crippen molar-refractivity contribution in [3.63, 3.8) is 0 Å². The molecule has 1 fully saturated rings. The fourth-order valence-corrected chi connectivity index (χ4v) is 17.2. The van der Waals surface area contributed by atoms with Crippen LogP contribution in [0.5, 0.6) is 0 Å². The lowest BCUT2D eigenvalue weighted by Crippen LogP contribution is -2.73. The van der Waals surface area contributed by atoms with Crippen molar-refractivity contribution in [3.05, 3.63) is 109 Å². The van der Waals surface area contributed by atoms with E-state index in [9.17, 15) is 4.79 Å². The van der Waals surface area contributed by atoms with Crippen LogP contribution in [0.3, 0.4) is 0 Å². The first kappa shape index (κ1) is 54.2. The predicted octanol–water partition coefficient (Wildman–Crippen LogP) is 11.8. The summed E-state index contributed by atoms with van der Waals surface area (Å²) in [4.78, 5) is 14.8. The van der Waals surface area contributed by atoms with Crippen LogP contribution in [-0.2, 0) is 37.3 Å². The summed E-state index contributed by atoms with van der Waals surface area (Å²) in [6.45, 7) is 24.2. The van der Waals surface area contributed by atoms with Crippen LogP contribution in [0.25, 0.3) is 0 Å². The quantitative estimate of drug-likeness (QED) is 0.0402. The Balaban J connectivity index is 1.75. The molecule has 0 unspecified atom stereocenters. The Labute approximate surface area is 397 Å². The SMILES string of the molecule is CO[C@@H](CCCC[C@@H](Br)c1ccccc1)[C@@H](/C=C/[C@H](C)[C@@H]1O[C@@](CC(=O)O[Si](C)(C)C(C)(C)C(C)C)(OC)[C@H](OC)[C@@H](O[Si](c2ccccc2)(c2ccccc2)C(C)(C)C)[C@@H]1C)OC. The lowest BCUT2D eigenvalue weighted by Gasteiger charge is -2.55. The highest BCUT2D eigenvalue weighted by Crippen LogP contribution is 2.48. The Morgan fingerprint density at radius 1 is 0.797 bits per heavy atom. The highest BCUT2D eigenvalue weighted by atomic mass is 79.9. The molecule has 0 N–H and O–H groups in total. The van der Waals surface area contributed by atoms with E-state index in [2.05, 4.69) is 176 Å². The maximum Gasteiger partial charge on any atom is 0.298 e. The minimum atomic E-state index is -3.15. The first-order chi connectivity index (χ1) is 30.2. The zero-order chi connectivity index (χ0) is 47.5. The molecule has 64 heavy (non-hydrogen) atoms. The number of benzene rings is 3. The van der Waals surface area contributed by atoms with Gasteiger partial charge in [0.1, 0.15) is 18.6 Å². The Kier molecular flexibility index (Phi) is 19.9. The van der Waals surface area contributed by atoms with Crippen LogP contribution in [0.1, 0.15) is 105 Å². The molecule has 0 aromatic heterocycles. The number of halogens is 1. The van der Waals surface area contributed by atoms with Gasteiger partial charge in [-0.05, 0) is 57.9 Å². The number of carbonyl (C=O) groups excluding carboxylic acids is 1. The average Bonchev–Trinajstić information content (AvgIpc) is 3.27. The summed E-state index contributed by atoms with van der Waals surface area (Å²) in [6.07, 6.45) is 5.82. The molecule has 8 nitrogen and oxygen atoms in total. The Morgan fingerprint density at radius 3 is 1.80 bits per heavy atom. The van der Waals surface area contributed by atoms with E-state index in [1.807, 2.05) is 18.2 Å². The van der Waals surface area contributed by atoms with Crippen LogP contribution < -0.4 is 10.4 Å². The summed E-state index contributed by atoms with van der Waals surface area (Å²) in [7, 11) is 1.03. The molecule has 1 heterocycles. The van der Waals surface area contributed by atoms with Crippen LogP contribution in [0.15, 0.2) is 103 Å². The summed E-state index contributed by atoms with van der Waals surface area (Å²) in [5, 5.41) is 1.80. The number of hydrogen-bond acceptors (Lipinski definition) is 8. The van der Waals surface area contributed by atoms with Crippen LogP contribution in [0.4, 0.5) is 0 Å². The molecule has 3 aromatic carbocycles.